The van der Waals surface area contributed by atoms with E-state index < -0.39 is 0 Å². The summed E-state index contributed by atoms with van der Waals surface area (Å²) in [6.45, 7) is 1.05. The molecule has 3 heterocycles. The van der Waals surface area contributed by atoms with Gasteiger partial charge in [-0.05, 0) is 46.7 Å². The first-order valence-corrected chi connectivity index (χ1v) is 11.3. The average Bonchev–Trinajstić information content (AvgIpc) is 3.54. The SMILES string of the molecule is COc1c2c(cc3c1[C@@H](c1nnnn1C(c1ccccc1)c1ccccc1)N(C)CC3)OCO2. The third kappa shape index (κ3) is 3.30. The number of nitrogens with zero attached hydrogens (tertiary/aromatic N) is 5. The summed E-state index contributed by atoms with van der Waals surface area (Å²) in [5.74, 6) is 2.80. The highest BCUT2D eigenvalue weighted by molar-refractivity contribution is 5.62. The lowest BCUT2D eigenvalue weighted by molar-refractivity contribution is 0.170. The second-order valence-corrected chi connectivity index (χ2v) is 8.56. The van der Waals surface area contributed by atoms with Crippen molar-refractivity contribution in [1.82, 2.24) is 25.1 Å². The Morgan fingerprint density at radius 2 is 1.71 bits per heavy atom. The van der Waals surface area contributed by atoms with E-state index in [2.05, 4.69) is 57.8 Å². The lowest BCUT2D eigenvalue weighted by Crippen LogP contribution is -2.36. The largest absolute Gasteiger partial charge is 0.492 e. The number of rotatable bonds is 5. The van der Waals surface area contributed by atoms with E-state index in [0.29, 0.717) is 11.5 Å². The van der Waals surface area contributed by atoms with Crippen LogP contribution < -0.4 is 14.2 Å². The lowest BCUT2D eigenvalue weighted by atomic mass is 9.90. The molecule has 2 aliphatic rings. The smallest absolute Gasteiger partial charge is 0.231 e. The van der Waals surface area contributed by atoms with Gasteiger partial charge in [0.15, 0.2) is 17.3 Å². The Balaban J connectivity index is 1.55. The lowest BCUT2D eigenvalue weighted by Gasteiger charge is -2.35. The van der Waals surface area contributed by atoms with E-state index in [0.717, 1.165) is 46.8 Å². The van der Waals surface area contributed by atoms with Gasteiger partial charge in [0.25, 0.3) is 0 Å². The van der Waals surface area contributed by atoms with Crippen LogP contribution >= 0.6 is 0 Å². The zero-order valence-electron chi connectivity index (χ0n) is 19.1. The Hall–Kier alpha value is -3.91. The Labute approximate surface area is 197 Å². The summed E-state index contributed by atoms with van der Waals surface area (Å²) in [4.78, 5) is 2.27. The van der Waals surface area contributed by atoms with Crippen molar-refractivity contribution >= 4 is 0 Å². The number of methoxy groups -OCH3 is 1. The summed E-state index contributed by atoms with van der Waals surface area (Å²) < 4.78 is 19.3. The van der Waals surface area contributed by atoms with Gasteiger partial charge in [-0.1, -0.05) is 60.7 Å². The fraction of sp³-hybridized carbons (Fsp3) is 0.269. The Kier molecular flexibility index (Phi) is 5.15. The molecule has 1 aromatic heterocycles. The maximum absolute atomic E-state index is 5.89. The second kappa shape index (κ2) is 8.46. The molecule has 0 N–H and O–H groups in total. The topological polar surface area (TPSA) is 74.5 Å². The summed E-state index contributed by atoms with van der Waals surface area (Å²) in [5.41, 5.74) is 4.41. The van der Waals surface area contributed by atoms with Crippen molar-refractivity contribution in [3.63, 3.8) is 0 Å². The fourth-order valence-electron chi connectivity index (χ4n) is 5.07. The standard InChI is InChI=1S/C26H25N5O3/c1-30-14-13-19-15-20-24(34-16-33-20)25(32-2)21(19)23(30)26-27-28-29-31(26)22(17-9-5-3-6-10-17)18-11-7-4-8-12-18/h3-12,15,22-23H,13-14,16H2,1-2H3/t23-/m0/s1. The number of ether oxygens (including phenoxy) is 3. The molecule has 2 aliphatic heterocycles. The van der Waals surface area contributed by atoms with Crippen LogP contribution in [0.1, 0.15) is 40.2 Å². The molecule has 0 unspecified atom stereocenters. The van der Waals surface area contributed by atoms with Gasteiger partial charge < -0.3 is 14.2 Å². The zero-order chi connectivity index (χ0) is 23.1. The molecular formula is C26H25N5O3. The molecule has 0 saturated heterocycles. The third-order valence-electron chi connectivity index (χ3n) is 6.63. The van der Waals surface area contributed by atoms with E-state index in [1.807, 2.05) is 41.1 Å². The van der Waals surface area contributed by atoms with Crippen LogP contribution in [0.3, 0.4) is 0 Å². The normalized spacial score (nSPS) is 17.1. The average molecular weight is 456 g/mol. The van der Waals surface area contributed by atoms with Crippen LogP contribution in [-0.4, -0.2) is 52.6 Å². The maximum Gasteiger partial charge on any atom is 0.231 e. The van der Waals surface area contributed by atoms with Gasteiger partial charge in [-0.2, -0.15) is 0 Å². The minimum Gasteiger partial charge on any atom is -0.492 e. The van der Waals surface area contributed by atoms with Gasteiger partial charge in [-0.15, -0.1) is 5.10 Å². The highest BCUT2D eigenvalue weighted by atomic mass is 16.7. The summed E-state index contributed by atoms with van der Waals surface area (Å²) in [6, 6.07) is 22.3. The van der Waals surface area contributed by atoms with Crippen LogP contribution in [0, 0.1) is 0 Å². The third-order valence-corrected chi connectivity index (χ3v) is 6.63. The zero-order valence-corrected chi connectivity index (χ0v) is 19.1. The molecule has 34 heavy (non-hydrogen) atoms. The van der Waals surface area contributed by atoms with Crippen LogP contribution in [0.4, 0.5) is 0 Å². The predicted molar refractivity (Wildman–Crippen MR) is 125 cm³/mol. The van der Waals surface area contributed by atoms with E-state index in [1.54, 1.807) is 7.11 Å². The summed E-state index contributed by atoms with van der Waals surface area (Å²) in [5, 5.41) is 13.2. The molecule has 0 bridgehead atoms. The first-order valence-electron chi connectivity index (χ1n) is 11.3. The minimum absolute atomic E-state index is 0.175. The second-order valence-electron chi connectivity index (χ2n) is 8.56. The number of fused-ring (bicyclic) bond motifs is 2. The minimum atomic E-state index is -0.210. The number of hydrogen-bond acceptors (Lipinski definition) is 7. The van der Waals surface area contributed by atoms with Crippen molar-refractivity contribution < 1.29 is 14.2 Å². The molecule has 0 radical (unpaired) electrons. The Morgan fingerprint density at radius 3 is 2.38 bits per heavy atom. The van der Waals surface area contributed by atoms with E-state index >= 15 is 0 Å². The van der Waals surface area contributed by atoms with E-state index in [9.17, 15) is 0 Å². The molecule has 172 valence electrons. The molecule has 0 fully saturated rings. The number of hydrogen-bond donors (Lipinski definition) is 0. The molecule has 1 atom stereocenters. The van der Waals surface area contributed by atoms with Gasteiger partial charge in [0, 0.05) is 12.1 Å². The van der Waals surface area contributed by atoms with E-state index in [-0.39, 0.29) is 18.9 Å². The van der Waals surface area contributed by atoms with Gasteiger partial charge in [-0.3, -0.25) is 4.90 Å². The molecule has 0 aliphatic carbocycles. The van der Waals surface area contributed by atoms with Gasteiger partial charge in [-0.25, -0.2) is 4.68 Å². The van der Waals surface area contributed by atoms with Crippen molar-refractivity contribution in [2.24, 2.45) is 0 Å². The maximum atomic E-state index is 5.89. The Morgan fingerprint density at radius 1 is 1.00 bits per heavy atom. The molecule has 0 amide bonds. The Bertz CT molecular complexity index is 1270. The molecule has 8 heteroatoms. The van der Waals surface area contributed by atoms with Crippen LogP contribution in [0.15, 0.2) is 66.7 Å². The highest BCUT2D eigenvalue weighted by Crippen LogP contribution is 2.50. The van der Waals surface area contributed by atoms with Gasteiger partial charge in [0.1, 0.15) is 12.1 Å². The van der Waals surface area contributed by atoms with Crippen molar-refractivity contribution in [2.45, 2.75) is 18.5 Å². The van der Waals surface area contributed by atoms with Crippen molar-refractivity contribution in [3.8, 4) is 17.2 Å². The molecular weight excluding hydrogens is 430 g/mol. The summed E-state index contributed by atoms with van der Waals surface area (Å²) >= 11 is 0. The van der Waals surface area contributed by atoms with Crippen LogP contribution in [0.25, 0.3) is 0 Å². The van der Waals surface area contributed by atoms with E-state index in [1.165, 1.54) is 0 Å². The first-order chi connectivity index (χ1) is 16.8. The van der Waals surface area contributed by atoms with Crippen molar-refractivity contribution in [2.75, 3.05) is 27.5 Å². The quantitative estimate of drug-likeness (QED) is 0.455. The molecule has 0 spiro atoms. The number of benzene rings is 3. The molecule has 8 nitrogen and oxygen atoms in total. The van der Waals surface area contributed by atoms with Crippen LogP contribution in [0.5, 0.6) is 17.2 Å². The van der Waals surface area contributed by atoms with Crippen LogP contribution in [0.2, 0.25) is 0 Å². The summed E-state index contributed by atoms with van der Waals surface area (Å²) in [6.07, 6.45) is 0.873. The molecule has 0 saturated carbocycles. The predicted octanol–water partition coefficient (Wildman–Crippen LogP) is 3.63. The van der Waals surface area contributed by atoms with Crippen LogP contribution in [-0.2, 0) is 6.42 Å². The van der Waals surface area contributed by atoms with Crippen molar-refractivity contribution in [1.29, 1.82) is 0 Å². The fourth-order valence-corrected chi connectivity index (χ4v) is 5.07. The highest BCUT2D eigenvalue weighted by Gasteiger charge is 2.38. The first kappa shape index (κ1) is 20.7. The summed E-state index contributed by atoms with van der Waals surface area (Å²) in [7, 11) is 3.76. The number of likely N-dealkylation sites (N-methyl/N-ethyl adjacent to an activating group) is 1. The van der Waals surface area contributed by atoms with Gasteiger partial charge in [0.2, 0.25) is 12.5 Å². The molecule has 4 aromatic rings. The van der Waals surface area contributed by atoms with Gasteiger partial charge in [0.05, 0.1) is 7.11 Å². The molecule has 3 aromatic carbocycles. The van der Waals surface area contributed by atoms with E-state index in [4.69, 9.17) is 14.2 Å². The number of tetrazole rings is 1. The van der Waals surface area contributed by atoms with Crippen molar-refractivity contribution in [3.05, 3.63) is 94.8 Å². The number of aromatic nitrogens is 4. The monoisotopic (exact) mass is 455 g/mol. The van der Waals surface area contributed by atoms with Gasteiger partial charge >= 0.3 is 0 Å². The molecule has 6 rings (SSSR count).